The number of benzene rings is 3. The van der Waals surface area contributed by atoms with E-state index >= 15 is 4.39 Å². The van der Waals surface area contributed by atoms with Gasteiger partial charge in [0.2, 0.25) is 0 Å². The summed E-state index contributed by atoms with van der Waals surface area (Å²) in [6.07, 6.45) is 1.59. The Morgan fingerprint density at radius 1 is 1.02 bits per heavy atom. The van der Waals surface area contributed by atoms with E-state index in [9.17, 15) is 4.79 Å². The number of carbonyl (C=O) groups is 1. The van der Waals surface area contributed by atoms with Gasteiger partial charge in [0.1, 0.15) is 29.2 Å². The Morgan fingerprint density at radius 2 is 1.77 bits per heavy atom. The first-order valence-electron chi connectivity index (χ1n) is 13.9. The van der Waals surface area contributed by atoms with Gasteiger partial charge < -0.3 is 23.7 Å². The van der Waals surface area contributed by atoms with Crippen LogP contribution < -0.4 is 14.2 Å². The summed E-state index contributed by atoms with van der Waals surface area (Å²) in [5.74, 6) is 1.73. The molecule has 3 aromatic carbocycles. The van der Waals surface area contributed by atoms with E-state index in [1.54, 1.807) is 6.07 Å². The van der Waals surface area contributed by atoms with Crippen LogP contribution in [0.25, 0.3) is 11.1 Å². The molecule has 0 saturated carbocycles. The molecule has 1 fully saturated rings. The molecule has 7 heteroatoms. The monoisotopic (exact) mass is 546 g/mol. The van der Waals surface area contributed by atoms with E-state index in [-0.39, 0.29) is 35.6 Å². The Labute approximate surface area is 234 Å². The maximum Gasteiger partial charge on any atom is 0.306 e. The maximum atomic E-state index is 15.5. The van der Waals surface area contributed by atoms with Crippen LogP contribution >= 0.6 is 0 Å². The zero-order valence-electron chi connectivity index (χ0n) is 23.5. The lowest BCUT2D eigenvalue weighted by Gasteiger charge is -2.37. The van der Waals surface area contributed by atoms with Gasteiger partial charge in [0.25, 0.3) is 0 Å². The van der Waals surface area contributed by atoms with E-state index < -0.39 is 0 Å². The molecule has 40 heavy (non-hydrogen) atoms. The van der Waals surface area contributed by atoms with Gasteiger partial charge >= 0.3 is 5.97 Å². The molecule has 0 N–H and O–H groups in total. The molecular formula is C33H35FO6. The van der Waals surface area contributed by atoms with Crippen LogP contribution in [-0.4, -0.2) is 39.5 Å². The number of hydrogen-bond acceptors (Lipinski definition) is 6. The first kappa shape index (κ1) is 26.6. The van der Waals surface area contributed by atoms with Gasteiger partial charge in [-0.25, -0.2) is 4.39 Å². The van der Waals surface area contributed by atoms with Gasteiger partial charge in [-0.3, -0.25) is 4.79 Å². The van der Waals surface area contributed by atoms with Crippen LogP contribution in [-0.2, 0) is 20.7 Å². The van der Waals surface area contributed by atoms with Gasteiger partial charge in [0.05, 0.1) is 40.0 Å². The van der Waals surface area contributed by atoms with Crippen molar-refractivity contribution >= 4 is 5.97 Å². The molecule has 0 radical (unpaired) electrons. The third-order valence-corrected chi connectivity index (χ3v) is 8.33. The molecule has 0 unspecified atom stereocenters. The summed E-state index contributed by atoms with van der Waals surface area (Å²) in [6.45, 7) is 8.65. The molecule has 3 aromatic rings. The third kappa shape index (κ3) is 4.92. The summed E-state index contributed by atoms with van der Waals surface area (Å²) in [7, 11) is 1.40. The zero-order chi connectivity index (χ0) is 28.0. The molecule has 0 aromatic heterocycles. The highest BCUT2D eigenvalue weighted by atomic mass is 19.1. The van der Waals surface area contributed by atoms with Crippen molar-refractivity contribution in [1.82, 2.24) is 0 Å². The number of esters is 1. The van der Waals surface area contributed by atoms with Crippen LogP contribution in [0.4, 0.5) is 4.39 Å². The zero-order valence-corrected chi connectivity index (χ0v) is 23.5. The van der Waals surface area contributed by atoms with Crippen LogP contribution in [0.1, 0.15) is 59.6 Å². The normalized spacial score (nSPS) is 20.2. The lowest BCUT2D eigenvalue weighted by atomic mass is 9.89. The summed E-state index contributed by atoms with van der Waals surface area (Å²) < 4.78 is 44.0. The Kier molecular flexibility index (Phi) is 6.95. The number of rotatable bonds is 8. The third-order valence-electron chi connectivity index (χ3n) is 8.33. The largest absolute Gasteiger partial charge is 0.493 e. The standard InChI is InChI=1S/C33H35FO6/c1-19-11-23(39-18-33(3)16-37-17-33)12-20(2)31(19)32-26-8-10-28(25(26)7-9-27(32)34)40-22-5-6-24-21(13-30(35)36-4)15-38-29(24)14-22/h5-7,9,11-12,14,21,28H,8,10,13,15-18H2,1-4H3/t21-,28-/m1/s1. The van der Waals surface area contributed by atoms with Crippen molar-refractivity contribution in [2.75, 3.05) is 33.5 Å². The molecule has 6 nitrogen and oxygen atoms in total. The maximum absolute atomic E-state index is 15.5. The van der Waals surface area contributed by atoms with Gasteiger partial charge in [-0.15, -0.1) is 0 Å². The van der Waals surface area contributed by atoms with Crippen LogP contribution in [0.15, 0.2) is 42.5 Å². The molecular weight excluding hydrogens is 511 g/mol. The highest BCUT2D eigenvalue weighted by Crippen LogP contribution is 2.45. The van der Waals surface area contributed by atoms with Gasteiger partial charge in [0, 0.05) is 28.5 Å². The SMILES string of the molecule is COC(=O)C[C@@H]1COc2cc(O[C@@H]3CCc4c3ccc(F)c4-c3c(C)cc(OCC4(C)COC4)cc3C)ccc21. The van der Waals surface area contributed by atoms with E-state index in [2.05, 4.69) is 6.92 Å². The predicted molar refractivity (Wildman–Crippen MR) is 149 cm³/mol. The van der Waals surface area contributed by atoms with Crippen LogP contribution in [0.5, 0.6) is 17.2 Å². The van der Waals surface area contributed by atoms with E-state index in [0.29, 0.717) is 37.7 Å². The second-order valence-corrected chi connectivity index (χ2v) is 11.6. The fraction of sp³-hybridized carbons (Fsp3) is 0.424. The summed E-state index contributed by atoms with van der Waals surface area (Å²) in [4.78, 5) is 11.7. The topological polar surface area (TPSA) is 63.2 Å². The number of hydrogen-bond donors (Lipinski definition) is 0. The minimum Gasteiger partial charge on any atom is -0.493 e. The molecule has 0 spiro atoms. The van der Waals surface area contributed by atoms with Crippen molar-refractivity contribution in [3.8, 4) is 28.4 Å². The summed E-state index contributed by atoms with van der Waals surface area (Å²) in [5.41, 5.74) is 6.60. The molecule has 0 bridgehead atoms. The lowest BCUT2D eigenvalue weighted by Crippen LogP contribution is -2.44. The minimum atomic E-state index is -0.252. The van der Waals surface area contributed by atoms with E-state index in [4.69, 9.17) is 23.7 Å². The highest BCUT2D eigenvalue weighted by molar-refractivity contribution is 5.77. The number of aryl methyl sites for hydroxylation is 2. The summed E-state index contributed by atoms with van der Waals surface area (Å²) in [5, 5.41) is 0. The van der Waals surface area contributed by atoms with Crippen molar-refractivity contribution in [2.45, 2.75) is 52.1 Å². The minimum absolute atomic E-state index is 0.0205. The van der Waals surface area contributed by atoms with E-state index in [0.717, 1.165) is 57.7 Å². The predicted octanol–water partition coefficient (Wildman–Crippen LogP) is 6.63. The average Bonchev–Trinajstić information content (AvgIpc) is 3.50. The van der Waals surface area contributed by atoms with Crippen molar-refractivity contribution in [3.63, 3.8) is 0 Å². The Balaban J connectivity index is 1.23. The molecule has 2 heterocycles. The van der Waals surface area contributed by atoms with Gasteiger partial charge in [-0.2, -0.15) is 0 Å². The number of halogens is 1. The van der Waals surface area contributed by atoms with Crippen LogP contribution in [0, 0.1) is 25.1 Å². The van der Waals surface area contributed by atoms with Crippen molar-refractivity contribution in [1.29, 1.82) is 0 Å². The average molecular weight is 547 g/mol. The van der Waals surface area contributed by atoms with Crippen LogP contribution in [0.2, 0.25) is 0 Å². The Hall–Kier alpha value is -3.58. The molecule has 2 atom stereocenters. The van der Waals surface area contributed by atoms with Crippen molar-refractivity contribution in [3.05, 3.63) is 76.1 Å². The molecule has 6 rings (SSSR count). The lowest BCUT2D eigenvalue weighted by molar-refractivity contribution is -0.141. The number of fused-ring (bicyclic) bond motifs is 2. The highest BCUT2D eigenvalue weighted by Gasteiger charge is 2.35. The second-order valence-electron chi connectivity index (χ2n) is 11.6. The summed E-state index contributed by atoms with van der Waals surface area (Å²) >= 11 is 0. The smallest absolute Gasteiger partial charge is 0.306 e. The van der Waals surface area contributed by atoms with Crippen molar-refractivity contribution < 1.29 is 32.9 Å². The number of ether oxygens (including phenoxy) is 5. The summed E-state index contributed by atoms with van der Waals surface area (Å²) in [6, 6.07) is 13.2. The molecule has 1 aliphatic carbocycles. The van der Waals surface area contributed by atoms with Crippen molar-refractivity contribution in [2.24, 2.45) is 5.41 Å². The van der Waals surface area contributed by atoms with Gasteiger partial charge in [0.15, 0.2) is 0 Å². The van der Waals surface area contributed by atoms with E-state index in [1.165, 1.54) is 7.11 Å². The van der Waals surface area contributed by atoms with E-state index in [1.807, 2.05) is 50.2 Å². The molecule has 1 saturated heterocycles. The second kappa shape index (κ2) is 10.4. The fourth-order valence-electron chi connectivity index (χ4n) is 6.17. The molecule has 0 amide bonds. The first-order chi connectivity index (χ1) is 19.2. The fourth-order valence-corrected chi connectivity index (χ4v) is 6.17. The number of carbonyl (C=O) groups excluding carboxylic acids is 1. The quantitative estimate of drug-likeness (QED) is 0.296. The van der Waals surface area contributed by atoms with Crippen LogP contribution in [0.3, 0.4) is 0 Å². The van der Waals surface area contributed by atoms with Gasteiger partial charge in [-0.1, -0.05) is 19.1 Å². The van der Waals surface area contributed by atoms with Gasteiger partial charge in [-0.05, 0) is 78.8 Å². The molecule has 3 aliphatic rings. The first-order valence-corrected chi connectivity index (χ1v) is 13.9. The Bertz CT molecular complexity index is 1440. The Morgan fingerprint density at radius 3 is 2.48 bits per heavy atom. The molecule has 2 aliphatic heterocycles. The number of methoxy groups -OCH3 is 1. The molecule has 210 valence electrons.